The monoisotopic (exact) mass is 466 g/mol. The number of carbonyl (C=O) groups excluding carboxylic acids is 2. The van der Waals surface area contributed by atoms with Crippen molar-refractivity contribution in [1.29, 1.82) is 0 Å². The van der Waals surface area contributed by atoms with E-state index in [1.807, 2.05) is 36.4 Å². The predicted molar refractivity (Wildman–Crippen MR) is 132 cm³/mol. The van der Waals surface area contributed by atoms with Gasteiger partial charge in [0.25, 0.3) is 5.91 Å². The number of anilines is 1. The minimum Gasteiger partial charge on any atom is -0.481 e. The highest BCUT2D eigenvalue weighted by Crippen LogP contribution is 2.26. The van der Waals surface area contributed by atoms with Crippen LogP contribution in [-0.4, -0.2) is 53.5 Å². The molecule has 8 nitrogen and oxygen atoms in total. The van der Waals surface area contributed by atoms with Crippen LogP contribution in [0.25, 0.3) is 0 Å². The summed E-state index contributed by atoms with van der Waals surface area (Å²) in [5, 5.41) is 15.4. The summed E-state index contributed by atoms with van der Waals surface area (Å²) in [4.78, 5) is 38.9. The standard InChI is InChI=1S/C26H34N4O4/c27-13-6-1-2-7-14-28-25(33)20-10-11-21-18-30(15-12-19-8-4-3-5-9-19)26(34)23(17-24(31)32)29-22(21)16-20/h3-5,8-11,16,23,29H,1-2,6-7,12-15,17-18,27H2,(H,28,33)(H,31,32). The van der Waals surface area contributed by atoms with Crippen molar-refractivity contribution < 1.29 is 19.5 Å². The van der Waals surface area contributed by atoms with Crippen LogP contribution < -0.4 is 16.4 Å². The van der Waals surface area contributed by atoms with Crippen molar-refractivity contribution in [3.05, 3.63) is 65.2 Å². The van der Waals surface area contributed by atoms with Crippen LogP contribution in [0.2, 0.25) is 0 Å². The Bertz CT molecular complexity index is 980. The molecular formula is C26H34N4O4. The second-order valence-electron chi connectivity index (χ2n) is 8.62. The summed E-state index contributed by atoms with van der Waals surface area (Å²) >= 11 is 0. The first kappa shape index (κ1) is 25.2. The summed E-state index contributed by atoms with van der Waals surface area (Å²) < 4.78 is 0. The summed E-state index contributed by atoms with van der Waals surface area (Å²) in [6.07, 6.45) is 4.28. The van der Waals surface area contributed by atoms with Gasteiger partial charge in [-0.05, 0) is 49.1 Å². The molecule has 5 N–H and O–H groups in total. The molecule has 1 aliphatic heterocycles. The van der Waals surface area contributed by atoms with Crippen molar-refractivity contribution >= 4 is 23.5 Å². The first-order valence-corrected chi connectivity index (χ1v) is 11.9. The maximum atomic E-state index is 13.2. The zero-order valence-electron chi connectivity index (χ0n) is 19.5. The molecule has 0 saturated heterocycles. The van der Waals surface area contributed by atoms with Gasteiger partial charge in [-0.3, -0.25) is 14.4 Å². The molecule has 1 unspecified atom stereocenters. The number of carbonyl (C=O) groups is 3. The van der Waals surface area contributed by atoms with Gasteiger partial charge in [-0.15, -0.1) is 0 Å². The quantitative estimate of drug-likeness (QED) is 0.357. The van der Waals surface area contributed by atoms with Crippen LogP contribution in [-0.2, 0) is 22.6 Å². The number of hydrogen-bond acceptors (Lipinski definition) is 5. The zero-order valence-corrected chi connectivity index (χ0v) is 19.5. The lowest BCUT2D eigenvalue weighted by atomic mass is 10.1. The van der Waals surface area contributed by atoms with E-state index in [0.717, 1.165) is 36.8 Å². The fraction of sp³-hybridized carbons (Fsp3) is 0.423. The number of nitrogens with one attached hydrogen (secondary N) is 2. The fourth-order valence-corrected chi connectivity index (χ4v) is 4.08. The van der Waals surface area contributed by atoms with Crippen LogP contribution in [0.1, 0.15) is 53.6 Å². The Kier molecular flexibility index (Phi) is 9.46. The van der Waals surface area contributed by atoms with Crippen LogP contribution in [0.4, 0.5) is 5.69 Å². The van der Waals surface area contributed by atoms with Gasteiger partial charge in [-0.2, -0.15) is 0 Å². The molecule has 182 valence electrons. The van der Waals surface area contributed by atoms with Gasteiger partial charge >= 0.3 is 5.97 Å². The number of fused-ring (bicyclic) bond motifs is 1. The molecule has 8 heteroatoms. The van der Waals surface area contributed by atoms with Crippen molar-refractivity contribution in [3.8, 4) is 0 Å². The topological polar surface area (TPSA) is 125 Å². The SMILES string of the molecule is NCCCCCCNC(=O)c1ccc2c(c1)NC(CC(=O)O)C(=O)N(CCc1ccccc1)C2. The molecule has 1 aliphatic rings. The minimum absolute atomic E-state index is 0.185. The van der Waals surface area contributed by atoms with Gasteiger partial charge in [-0.25, -0.2) is 0 Å². The Morgan fingerprint density at radius 3 is 2.59 bits per heavy atom. The molecule has 0 spiro atoms. The Balaban J connectivity index is 1.70. The van der Waals surface area contributed by atoms with Gasteiger partial charge in [-0.1, -0.05) is 49.2 Å². The van der Waals surface area contributed by atoms with Crippen LogP contribution in [0.15, 0.2) is 48.5 Å². The summed E-state index contributed by atoms with van der Waals surface area (Å²) in [6.45, 7) is 2.10. The van der Waals surface area contributed by atoms with E-state index in [2.05, 4.69) is 10.6 Å². The van der Waals surface area contributed by atoms with E-state index >= 15 is 0 Å². The molecule has 0 aromatic heterocycles. The van der Waals surface area contributed by atoms with Crippen molar-refractivity contribution in [2.24, 2.45) is 5.73 Å². The molecule has 0 saturated carbocycles. The smallest absolute Gasteiger partial charge is 0.305 e. The lowest BCUT2D eigenvalue weighted by Crippen LogP contribution is -2.42. The Hall–Kier alpha value is -3.39. The Labute approximate surface area is 200 Å². The normalized spacial score (nSPS) is 15.3. The number of nitrogens with two attached hydrogens (primary N) is 1. The third-order valence-corrected chi connectivity index (χ3v) is 5.98. The number of carboxylic acids is 1. The average molecular weight is 467 g/mol. The Morgan fingerprint density at radius 2 is 1.85 bits per heavy atom. The van der Waals surface area contributed by atoms with Crippen molar-refractivity contribution in [2.45, 2.75) is 51.1 Å². The molecule has 0 radical (unpaired) electrons. The van der Waals surface area contributed by atoms with Crippen LogP contribution in [0.5, 0.6) is 0 Å². The molecule has 3 rings (SSSR count). The van der Waals surface area contributed by atoms with E-state index in [1.54, 1.807) is 17.0 Å². The van der Waals surface area contributed by atoms with Gasteiger partial charge < -0.3 is 26.4 Å². The summed E-state index contributed by atoms with van der Waals surface area (Å²) in [5.74, 6) is -1.49. The molecule has 0 aliphatic carbocycles. The molecule has 1 heterocycles. The third kappa shape index (κ3) is 7.31. The van der Waals surface area contributed by atoms with Crippen LogP contribution in [0, 0.1) is 0 Å². The second-order valence-corrected chi connectivity index (χ2v) is 8.62. The highest BCUT2D eigenvalue weighted by atomic mass is 16.4. The van der Waals surface area contributed by atoms with Gasteiger partial charge in [0.05, 0.1) is 6.42 Å². The summed E-state index contributed by atoms with van der Waals surface area (Å²) in [6, 6.07) is 14.3. The first-order chi connectivity index (χ1) is 16.5. The molecular weight excluding hydrogens is 432 g/mol. The molecule has 0 fully saturated rings. The first-order valence-electron chi connectivity index (χ1n) is 11.9. The highest BCUT2D eigenvalue weighted by molar-refractivity contribution is 5.96. The molecule has 0 bridgehead atoms. The number of amides is 2. The summed E-state index contributed by atoms with van der Waals surface area (Å²) in [7, 11) is 0. The second kappa shape index (κ2) is 12.7. The number of hydrogen-bond donors (Lipinski definition) is 4. The molecule has 2 aromatic carbocycles. The van der Waals surface area contributed by atoms with Crippen molar-refractivity contribution in [1.82, 2.24) is 10.2 Å². The zero-order chi connectivity index (χ0) is 24.3. The van der Waals surface area contributed by atoms with E-state index in [9.17, 15) is 19.5 Å². The number of nitrogens with zero attached hydrogens (tertiary/aromatic N) is 1. The van der Waals surface area contributed by atoms with E-state index in [-0.39, 0.29) is 18.2 Å². The lowest BCUT2D eigenvalue weighted by molar-refractivity contribution is -0.141. The van der Waals surface area contributed by atoms with E-state index < -0.39 is 12.0 Å². The third-order valence-electron chi connectivity index (χ3n) is 5.98. The molecule has 1 atom stereocenters. The van der Waals surface area contributed by atoms with Crippen LogP contribution in [0.3, 0.4) is 0 Å². The number of aliphatic carboxylic acids is 1. The van der Waals surface area contributed by atoms with Gasteiger partial charge in [0.15, 0.2) is 0 Å². The van der Waals surface area contributed by atoms with E-state index in [1.165, 1.54) is 0 Å². The summed E-state index contributed by atoms with van der Waals surface area (Å²) in [5.41, 5.74) is 8.56. The maximum Gasteiger partial charge on any atom is 0.305 e. The molecule has 2 aromatic rings. The molecule has 2 amide bonds. The largest absolute Gasteiger partial charge is 0.481 e. The number of benzene rings is 2. The van der Waals surface area contributed by atoms with Gasteiger partial charge in [0.1, 0.15) is 6.04 Å². The molecule has 34 heavy (non-hydrogen) atoms. The van der Waals surface area contributed by atoms with Gasteiger partial charge in [0, 0.05) is 30.9 Å². The van der Waals surface area contributed by atoms with Crippen LogP contribution >= 0.6 is 0 Å². The number of rotatable bonds is 12. The Morgan fingerprint density at radius 1 is 1.09 bits per heavy atom. The number of carboxylic acid groups (broad SMARTS) is 1. The maximum absolute atomic E-state index is 13.2. The highest BCUT2D eigenvalue weighted by Gasteiger charge is 2.31. The van der Waals surface area contributed by atoms with Crippen molar-refractivity contribution in [2.75, 3.05) is 25.0 Å². The fourth-order valence-electron chi connectivity index (χ4n) is 4.08. The van der Waals surface area contributed by atoms with Gasteiger partial charge in [0.2, 0.25) is 5.91 Å². The lowest BCUT2D eigenvalue weighted by Gasteiger charge is -2.24. The van der Waals surface area contributed by atoms with E-state index in [4.69, 9.17) is 5.73 Å². The average Bonchev–Trinajstić information content (AvgIpc) is 2.96. The predicted octanol–water partition coefficient (Wildman–Crippen LogP) is 2.78. The van der Waals surface area contributed by atoms with Crippen molar-refractivity contribution in [3.63, 3.8) is 0 Å². The number of unbranched alkanes of at least 4 members (excludes halogenated alkanes) is 3. The van der Waals surface area contributed by atoms with E-state index in [0.29, 0.717) is 43.9 Å². The minimum atomic E-state index is -1.05.